The standard InChI is InChI=1S/C23H29N3O4/c1-2-28-20-7-4-3-6-19(20)26-12-10-25(11-13-26)17-23(27)24-18-8-9-21-22(16-18)30-15-5-14-29-21/h3-4,6-9,16H,2,5,10-15,17H2,1H3,(H,24,27). The fraction of sp³-hybridized carbons (Fsp3) is 0.435. The molecule has 0 spiro atoms. The molecule has 1 fully saturated rings. The van der Waals surface area contributed by atoms with E-state index < -0.39 is 0 Å². The largest absolute Gasteiger partial charge is 0.492 e. The normalized spacial score (nSPS) is 16.6. The number of carbonyl (C=O) groups excluding carboxylic acids is 1. The first kappa shape index (κ1) is 20.3. The van der Waals surface area contributed by atoms with Gasteiger partial charge in [-0.15, -0.1) is 0 Å². The number of amides is 1. The summed E-state index contributed by atoms with van der Waals surface area (Å²) < 4.78 is 17.1. The van der Waals surface area contributed by atoms with Crippen molar-refractivity contribution >= 4 is 17.3 Å². The number of hydrogen-bond donors (Lipinski definition) is 1. The first-order valence-corrected chi connectivity index (χ1v) is 10.6. The molecule has 0 radical (unpaired) electrons. The Bertz CT molecular complexity index is 865. The van der Waals surface area contributed by atoms with Crippen molar-refractivity contribution in [3.8, 4) is 17.2 Å². The molecule has 4 rings (SSSR count). The van der Waals surface area contributed by atoms with Crippen molar-refractivity contribution < 1.29 is 19.0 Å². The third kappa shape index (κ3) is 4.97. The quantitative estimate of drug-likeness (QED) is 0.789. The Balaban J connectivity index is 1.29. The average molecular weight is 412 g/mol. The Kier molecular flexibility index (Phi) is 6.59. The van der Waals surface area contributed by atoms with E-state index in [2.05, 4.69) is 21.2 Å². The molecule has 1 amide bonds. The molecule has 0 unspecified atom stereocenters. The molecule has 0 bridgehead atoms. The van der Waals surface area contributed by atoms with E-state index in [0.717, 1.165) is 55.5 Å². The Morgan fingerprint density at radius 2 is 1.80 bits per heavy atom. The van der Waals surface area contributed by atoms with Gasteiger partial charge in [0.25, 0.3) is 0 Å². The second-order valence-electron chi connectivity index (χ2n) is 7.42. The fourth-order valence-electron chi connectivity index (χ4n) is 3.79. The van der Waals surface area contributed by atoms with E-state index >= 15 is 0 Å². The van der Waals surface area contributed by atoms with Crippen molar-refractivity contribution in [2.24, 2.45) is 0 Å². The summed E-state index contributed by atoms with van der Waals surface area (Å²) in [6.45, 7) is 7.68. The molecule has 2 heterocycles. The first-order chi connectivity index (χ1) is 14.7. The van der Waals surface area contributed by atoms with Crippen LogP contribution >= 0.6 is 0 Å². The van der Waals surface area contributed by atoms with Crippen molar-refractivity contribution in [2.45, 2.75) is 13.3 Å². The lowest BCUT2D eigenvalue weighted by molar-refractivity contribution is -0.117. The molecule has 2 aliphatic rings. The van der Waals surface area contributed by atoms with Crippen LogP contribution in [0.3, 0.4) is 0 Å². The van der Waals surface area contributed by atoms with Gasteiger partial charge in [0.05, 0.1) is 32.1 Å². The van der Waals surface area contributed by atoms with Crippen LogP contribution in [0.1, 0.15) is 13.3 Å². The highest BCUT2D eigenvalue weighted by atomic mass is 16.5. The third-order valence-electron chi connectivity index (χ3n) is 5.28. The van der Waals surface area contributed by atoms with Crippen molar-refractivity contribution in [3.63, 3.8) is 0 Å². The predicted molar refractivity (Wildman–Crippen MR) is 117 cm³/mol. The van der Waals surface area contributed by atoms with Gasteiger partial charge in [0.15, 0.2) is 11.5 Å². The number of anilines is 2. The summed E-state index contributed by atoms with van der Waals surface area (Å²) in [4.78, 5) is 17.1. The monoisotopic (exact) mass is 411 g/mol. The van der Waals surface area contributed by atoms with Crippen molar-refractivity contribution in [1.82, 2.24) is 4.90 Å². The number of rotatable bonds is 6. The Morgan fingerprint density at radius 1 is 1.03 bits per heavy atom. The summed E-state index contributed by atoms with van der Waals surface area (Å²) in [5.41, 5.74) is 1.85. The van der Waals surface area contributed by atoms with E-state index in [1.165, 1.54) is 0 Å². The number of nitrogens with zero attached hydrogens (tertiary/aromatic N) is 2. The molecule has 0 atom stereocenters. The summed E-state index contributed by atoms with van der Waals surface area (Å²) >= 11 is 0. The highest BCUT2D eigenvalue weighted by Gasteiger charge is 2.21. The molecule has 2 aromatic rings. The minimum atomic E-state index is -0.0207. The molecule has 2 aliphatic heterocycles. The van der Waals surface area contributed by atoms with Gasteiger partial charge in [-0.3, -0.25) is 9.69 Å². The highest BCUT2D eigenvalue weighted by molar-refractivity contribution is 5.92. The maximum absolute atomic E-state index is 12.5. The smallest absolute Gasteiger partial charge is 0.238 e. The second kappa shape index (κ2) is 9.71. The molecule has 0 saturated carbocycles. The van der Waals surface area contributed by atoms with Crippen LogP contribution in [0, 0.1) is 0 Å². The molecule has 0 aliphatic carbocycles. The average Bonchev–Trinajstić information content (AvgIpc) is 3.00. The lowest BCUT2D eigenvalue weighted by Crippen LogP contribution is -2.48. The molecule has 2 aromatic carbocycles. The van der Waals surface area contributed by atoms with E-state index in [4.69, 9.17) is 14.2 Å². The molecule has 7 heteroatoms. The zero-order valence-electron chi connectivity index (χ0n) is 17.4. The van der Waals surface area contributed by atoms with Gasteiger partial charge in [-0.1, -0.05) is 12.1 Å². The number of carbonyl (C=O) groups is 1. The molecule has 0 aromatic heterocycles. The van der Waals surface area contributed by atoms with Crippen LogP contribution in [-0.2, 0) is 4.79 Å². The summed E-state index contributed by atoms with van der Waals surface area (Å²) in [7, 11) is 0. The third-order valence-corrected chi connectivity index (χ3v) is 5.28. The van der Waals surface area contributed by atoms with E-state index in [9.17, 15) is 4.79 Å². The summed E-state index contributed by atoms with van der Waals surface area (Å²) in [5, 5.41) is 2.98. The van der Waals surface area contributed by atoms with Crippen LogP contribution in [0.25, 0.3) is 0 Å². The SMILES string of the molecule is CCOc1ccccc1N1CCN(CC(=O)Nc2ccc3c(c2)OCCCO3)CC1. The van der Waals surface area contributed by atoms with Gasteiger partial charge < -0.3 is 24.4 Å². The van der Waals surface area contributed by atoms with E-state index in [1.807, 2.05) is 43.3 Å². The summed E-state index contributed by atoms with van der Waals surface area (Å²) in [6, 6.07) is 13.7. The number of nitrogens with one attached hydrogen (secondary N) is 1. The van der Waals surface area contributed by atoms with Crippen LogP contribution in [0.15, 0.2) is 42.5 Å². The molecular formula is C23H29N3O4. The maximum atomic E-state index is 12.5. The second-order valence-corrected chi connectivity index (χ2v) is 7.42. The number of para-hydroxylation sites is 2. The Morgan fingerprint density at radius 3 is 2.60 bits per heavy atom. The van der Waals surface area contributed by atoms with Crippen LogP contribution in [0.2, 0.25) is 0 Å². The lowest BCUT2D eigenvalue weighted by atomic mass is 10.2. The molecule has 160 valence electrons. The van der Waals surface area contributed by atoms with Crippen molar-refractivity contribution in [3.05, 3.63) is 42.5 Å². The van der Waals surface area contributed by atoms with Crippen LogP contribution in [0.5, 0.6) is 17.2 Å². The Labute approximate surface area is 177 Å². The minimum Gasteiger partial charge on any atom is -0.492 e. The fourth-order valence-corrected chi connectivity index (χ4v) is 3.79. The van der Waals surface area contributed by atoms with Crippen LogP contribution in [0.4, 0.5) is 11.4 Å². The molecule has 7 nitrogen and oxygen atoms in total. The van der Waals surface area contributed by atoms with Gasteiger partial charge in [0.2, 0.25) is 5.91 Å². The van der Waals surface area contributed by atoms with Crippen LogP contribution < -0.4 is 24.4 Å². The highest BCUT2D eigenvalue weighted by Crippen LogP contribution is 2.32. The molecule has 30 heavy (non-hydrogen) atoms. The first-order valence-electron chi connectivity index (χ1n) is 10.6. The summed E-state index contributed by atoms with van der Waals surface area (Å²) in [5.74, 6) is 2.31. The minimum absolute atomic E-state index is 0.0207. The zero-order valence-corrected chi connectivity index (χ0v) is 17.4. The maximum Gasteiger partial charge on any atom is 0.238 e. The number of fused-ring (bicyclic) bond motifs is 1. The van der Waals surface area contributed by atoms with Gasteiger partial charge in [0, 0.05) is 44.4 Å². The van der Waals surface area contributed by atoms with E-state index in [1.54, 1.807) is 0 Å². The summed E-state index contributed by atoms with van der Waals surface area (Å²) in [6.07, 6.45) is 0.859. The Hall–Kier alpha value is -2.93. The number of benzene rings is 2. The molecule has 1 N–H and O–H groups in total. The van der Waals surface area contributed by atoms with Crippen LogP contribution in [-0.4, -0.2) is 63.4 Å². The number of hydrogen-bond acceptors (Lipinski definition) is 6. The lowest BCUT2D eigenvalue weighted by Gasteiger charge is -2.36. The van der Waals surface area contributed by atoms with E-state index in [-0.39, 0.29) is 5.91 Å². The van der Waals surface area contributed by atoms with Gasteiger partial charge in [-0.05, 0) is 31.2 Å². The van der Waals surface area contributed by atoms with Crippen molar-refractivity contribution in [1.29, 1.82) is 0 Å². The van der Waals surface area contributed by atoms with Gasteiger partial charge >= 0.3 is 0 Å². The zero-order chi connectivity index (χ0) is 20.8. The molecular weight excluding hydrogens is 382 g/mol. The van der Waals surface area contributed by atoms with E-state index in [0.29, 0.717) is 32.1 Å². The molecule has 1 saturated heterocycles. The van der Waals surface area contributed by atoms with Gasteiger partial charge in [0.1, 0.15) is 5.75 Å². The van der Waals surface area contributed by atoms with Gasteiger partial charge in [-0.25, -0.2) is 0 Å². The number of ether oxygens (including phenoxy) is 3. The predicted octanol–water partition coefficient (Wildman–Crippen LogP) is 3.01. The van der Waals surface area contributed by atoms with Crippen molar-refractivity contribution in [2.75, 3.05) is 62.8 Å². The topological polar surface area (TPSA) is 63.3 Å². The van der Waals surface area contributed by atoms with Gasteiger partial charge in [-0.2, -0.15) is 0 Å². The number of piperazine rings is 1.